The molecule has 7 heteroatoms. The first kappa shape index (κ1) is 18.2. The number of carbonyl (C=O) groups excluding carboxylic acids is 1. The normalized spacial score (nSPS) is 20.4. The van der Waals surface area contributed by atoms with Gasteiger partial charge in [0.25, 0.3) is 11.5 Å². The van der Waals surface area contributed by atoms with Crippen molar-refractivity contribution in [1.29, 1.82) is 0 Å². The minimum Gasteiger partial charge on any atom is -0.332 e. The van der Waals surface area contributed by atoms with E-state index in [1.165, 1.54) is 0 Å². The molecule has 29 heavy (non-hydrogen) atoms. The zero-order valence-corrected chi connectivity index (χ0v) is 17.3. The number of hydrogen-bond donors (Lipinski definition) is 1. The van der Waals surface area contributed by atoms with Gasteiger partial charge in [0.1, 0.15) is 5.82 Å². The molecule has 1 saturated heterocycles. The van der Waals surface area contributed by atoms with Gasteiger partial charge in [-0.1, -0.05) is 12.1 Å². The van der Waals surface area contributed by atoms with E-state index in [2.05, 4.69) is 15.0 Å². The Balaban J connectivity index is 1.43. The fourth-order valence-corrected chi connectivity index (χ4v) is 5.25. The van der Waals surface area contributed by atoms with Crippen LogP contribution in [0.3, 0.4) is 0 Å². The van der Waals surface area contributed by atoms with Crippen molar-refractivity contribution in [2.24, 2.45) is 0 Å². The summed E-state index contributed by atoms with van der Waals surface area (Å²) in [5, 5.41) is 3.06. The highest BCUT2D eigenvalue weighted by Crippen LogP contribution is 2.34. The van der Waals surface area contributed by atoms with E-state index in [1.54, 1.807) is 18.3 Å². The third-order valence-electron chi connectivity index (χ3n) is 5.99. The third-order valence-corrected chi connectivity index (χ3v) is 6.76. The first-order chi connectivity index (χ1) is 14.0. The lowest BCUT2D eigenvalue weighted by atomic mass is 9.98. The number of fused-ring (bicyclic) bond motifs is 3. The molecule has 4 heterocycles. The first-order valence-electron chi connectivity index (χ1n) is 9.93. The average Bonchev–Trinajstić information content (AvgIpc) is 3.25. The largest absolute Gasteiger partial charge is 0.332 e. The van der Waals surface area contributed by atoms with E-state index in [-0.39, 0.29) is 23.6 Å². The van der Waals surface area contributed by atoms with Gasteiger partial charge in [0.15, 0.2) is 0 Å². The van der Waals surface area contributed by atoms with Gasteiger partial charge in [-0.05, 0) is 38.8 Å². The lowest BCUT2D eigenvalue weighted by Crippen LogP contribution is -2.41. The number of benzene rings is 1. The number of hydrogen-bond acceptors (Lipinski definition) is 5. The van der Waals surface area contributed by atoms with Crippen LogP contribution in [0.4, 0.5) is 0 Å². The van der Waals surface area contributed by atoms with Gasteiger partial charge >= 0.3 is 0 Å². The molecule has 3 aromatic rings. The lowest BCUT2D eigenvalue weighted by Gasteiger charge is -2.28. The Labute approximate surface area is 172 Å². The summed E-state index contributed by atoms with van der Waals surface area (Å²) in [6, 6.07) is 7.86. The zero-order valence-electron chi connectivity index (χ0n) is 16.4. The summed E-state index contributed by atoms with van der Waals surface area (Å²) in [5.74, 6) is 0.678. The van der Waals surface area contributed by atoms with Gasteiger partial charge in [-0.2, -0.15) is 0 Å². The number of aromatic nitrogens is 3. The fourth-order valence-electron chi connectivity index (χ4n) is 4.63. The highest BCUT2D eigenvalue weighted by Gasteiger charge is 2.41. The molecule has 2 aromatic heterocycles. The number of carbonyl (C=O) groups is 1. The molecule has 5 rings (SSSR count). The van der Waals surface area contributed by atoms with Crippen molar-refractivity contribution >= 4 is 17.2 Å². The van der Waals surface area contributed by atoms with Crippen LogP contribution in [0.25, 0.3) is 11.3 Å². The molecule has 0 aliphatic carbocycles. The second-order valence-corrected chi connectivity index (χ2v) is 8.97. The fraction of sp³-hybridized carbons (Fsp3) is 0.364. The highest BCUT2D eigenvalue weighted by atomic mass is 32.1. The van der Waals surface area contributed by atoms with Crippen LogP contribution in [-0.4, -0.2) is 37.8 Å². The van der Waals surface area contributed by atoms with Gasteiger partial charge < -0.3 is 9.88 Å². The molecule has 2 aliphatic heterocycles. The van der Waals surface area contributed by atoms with Gasteiger partial charge in [-0.3, -0.25) is 9.59 Å². The Morgan fingerprint density at radius 1 is 1.10 bits per heavy atom. The standard InChI is InChI=1S/C22H22N4O2S/c1-12-23-19-10-17-8-7-16(9-18(19)21(27)24-12)26(17)22(28)15-5-3-14(4-6-15)20-11-29-13(2)25-20/h3-6,11,16-17H,7-10H2,1-2H3,(H,23,24,27). The van der Waals surface area contributed by atoms with Gasteiger partial charge in [0.2, 0.25) is 0 Å². The number of nitrogens with one attached hydrogen (secondary N) is 1. The number of H-pyrrole nitrogens is 1. The Hall–Kier alpha value is -2.80. The lowest BCUT2D eigenvalue weighted by molar-refractivity contribution is 0.0673. The van der Waals surface area contributed by atoms with Crippen LogP contribution in [0.15, 0.2) is 34.4 Å². The van der Waals surface area contributed by atoms with E-state index in [1.807, 2.05) is 41.5 Å². The average molecular weight is 407 g/mol. The molecule has 1 aromatic carbocycles. The summed E-state index contributed by atoms with van der Waals surface area (Å²) >= 11 is 1.62. The van der Waals surface area contributed by atoms with E-state index < -0.39 is 0 Å². The van der Waals surface area contributed by atoms with Crippen molar-refractivity contribution in [2.75, 3.05) is 0 Å². The number of amides is 1. The Morgan fingerprint density at radius 2 is 1.83 bits per heavy atom. The van der Waals surface area contributed by atoms with Gasteiger partial charge in [-0.15, -0.1) is 11.3 Å². The van der Waals surface area contributed by atoms with E-state index in [0.29, 0.717) is 24.2 Å². The van der Waals surface area contributed by atoms with Crippen LogP contribution in [0, 0.1) is 13.8 Å². The molecule has 2 aliphatic rings. The molecule has 1 fully saturated rings. The minimum absolute atomic E-state index is 0.0412. The van der Waals surface area contributed by atoms with Gasteiger partial charge in [-0.25, -0.2) is 9.97 Å². The predicted octanol–water partition coefficient (Wildman–Crippen LogP) is 3.28. The molecule has 0 radical (unpaired) electrons. The summed E-state index contributed by atoms with van der Waals surface area (Å²) in [5.41, 5.74) is 4.18. The van der Waals surface area contributed by atoms with Crippen LogP contribution < -0.4 is 5.56 Å². The van der Waals surface area contributed by atoms with Gasteiger partial charge in [0, 0.05) is 47.0 Å². The molecule has 2 atom stereocenters. The van der Waals surface area contributed by atoms with Crippen LogP contribution in [-0.2, 0) is 12.8 Å². The van der Waals surface area contributed by atoms with Crippen molar-refractivity contribution in [3.63, 3.8) is 0 Å². The van der Waals surface area contributed by atoms with Crippen LogP contribution >= 0.6 is 11.3 Å². The van der Waals surface area contributed by atoms with Crippen molar-refractivity contribution in [1.82, 2.24) is 19.9 Å². The van der Waals surface area contributed by atoms with E-state index in [4.69, 9.17) is 0 Å². The summed E-state index contributed by atoms with van der Waals surface area (Å²) in [6.07, 6.45) is 3.12. The van der Waals surface area contributed by atoms with Crippen molar-refractivity contribution in [2.45, 2.75) is 51.6 Å². The van der Waals surface area contributed by atoms with Crippen LogP contribution in [0.5, 0.6) is 0 Å². The summed E-state index contributed by atoms with van der Waals surface area (Å²) in [4.78, 5) is 39.7. The Morgan fingerprint density at radius 3 is 2.52 bits per heavy atom. The molecule has 2 unspecified atom stereocenters. The quantitative estimate of drug-likeness (QED) is 0.708. The minimum atomic E-state index is -0.0599. The number of thiazole rings is 1. The number of rotatable bonds is 2. The summed E-state index contributed by atoms with van der Waals surface area (Å²) in [6.45, 7) is 3.79. The molecule has 2 bridgehead atoms. The van der Waals surface area contributed by atoms with Crippen molar-refractivity contribution < 1.29 is 4.79 Å². The molecule has 6 nitrogen and oxygen atoms in total. The summed E-state index contributed by atoms with van der Waals surface area (Å²) < 4.78 is 0. The highest BCUT2D eigenvalue weighted by molar-refractivity contribution is 7.09. The van der Waals surface area contributed by atoms with Crippen LogP contribution in [0.2, 0.25) is 0 Å². The third kappa shape index (κ3) is 3.19. The molecule has 0 saturated carbocycles. The van der Waals surface area contributed by atoms with E-state index in [0.717, 1.165) is 40.4 Å². The predicted molar refractivity (Wildman–Crippen MR) is 112 cm³/mol. The van der Waals surface area contributed by atoms with Crippen molar-refractivity contribution in [3.8, 4) is 11.3 Å². The zero-order chi connectivity index (χ0) is 20.1. The number of nitrogens with zero attached hydrogens (tertiary/aromatic N) is 3. The molecule has 1 N–H and O–H groups in total. The Bertz CT molecular complexity index is 1150. The maximum absolute atomic E-state index is 13.4. The molecule has 0 spiro atoms. The topological polar surface area (TPSA) is 79.0 Å². The first-order valence-corrected chi connectivity index (χ1v) is 10.8. The number of aryl methyl sites for hydroxylation is 2. The monoisotopic (exact) mass is 406 g/mol. The molecule has 148 valence electrons. The maximum Gasteiger partial charge on any atom is 0.254 e. The molecule has 1 amide bonds. The Kier molecular flexibility index (Phi) is 4.35. The maximum atomic E-state index is 13.4. The second-order valence-electron chi connectivity index (χ2n) is 7.91. The van der Waals surface area contributed by atoms with Crippen molar-refractivity contribution in [3.05, 3.63) is 67.7 Å². The molecular formula is C22H22N4O2S. The molecular weight excluding hydrogens is 384 g/mol. The SMILES string of the molecule is Cc1nc2c(c(=O)[nH]1)CC1CCC(C2)N1C(=O)c1ccc(-c2csc(C)n2)cc1. The van der Waals surface area contributed by atoms with E-state index in [9.17, 15) is 9.59 Å². The van der Waals surface area contributed by atoms with Gasteiger partial charge in [0.05, 0.1) is 16.4 Å². The van der Waals surface area contributed by atoms with Crippen LogP contribution in [0.1, 0.15) is 45.3 Å². The summed E-state index contributed by atoms with van der Waals surface area (Å²) in [7, 11) is 0. The number of aromatic amines is 1. The van der Waals surface area contributed by atoms with E-state index >= 15 is 0 Å². The second kappa shape index (κ2) is 6.91. The smallest absolute Gasteiger partial charge is 0.254 e.